The van der Waals surface area contributed by atoms with Gasteiger partial charge in [0.25, 0.3) is 5.91 Å². The molecule has 0 radical (unpaired) electrons. The van der Waals surface area contributed by atoms with Crippen LogP contribution >= 0.6 is 0 Å². The molecule has 1 heterocycles. The molecule has 0 saturated carbocycles. The average molecular weight is 435 g/mol. The minimum atomic E-state index is -0.371. The monoisotopic (exact) mass is 434 g/mol. The van der Waals surface area contributed by atoms with Crippen LogP contribution in [0.15, 0.2) is 72.8 Å². The smallest absolute Gasteiger partial charge is 0.287 e. The molecule has 0 unspecified atom stereocenters. The van der Waals surface area contributed by atoms with Gasteiger partial charge in [-0.2, -0.15) is 0 Å². The highest BCUT2D eigenvalue weighted by atomic mass is 19.1. The molecule has 1 amide bonds. The van der Waals surface area contributed by atoms with E-state index >= 15 is 0 Å². The van der Waals surface area contributed by atoms with Gasteiger partial charge < -0.3 is 19.9 Å². The zero-order chi connectivity index (χ0) is 22.5. The number of hydrogen-bond acceptors (Lipinski definition) is 3. The standard InChI is InChI=1S/C26H28FN3O2/c1-19-12-13-24(32-2)22(18-19)28-26(31)25(20-8-4-3-5-9-20)30-16-14-29(15-17-30)23-11-7-6-10-21(23)27/h3-13,18,25H,14-17H2,1-2H3,(H,28,31)/p+1/t25-/m0/s1. The van der Waals surface area contributed by atoms with E-state index in [2.05, 4.69) is 10.2 Å². The third-order valence-corrected chi connectivity index (χ3v) is 6.02. The van der Waals surface area contributed by atoms with Crippen molar-refractivity contribution in [1.82, 2.24) is 0 Å². The van der Waals surface area contributed by atoms with E-state index < -0.39 is 0 Å². The number of halogens is 1. The zero-order valence-corrected chi connectivity index (χ0v) is 18.5. The first kappa shape index (κ1) is 21.8. The van der Waals surface area contributed by atoms with E-state index in [1.54, 1.807) is 13.2 Å². The fourth-order valence-electron chi connectivity index (χ4n) is 4.37. The Hall–Kier alpha value is -3.38. The van der Waals surface area contributed by atoms with Crippen molar-refractivity contribution >= 4 is 17.3 Å². The topological polar surface area (TPSA) is 46.0 Å². The molecule has 0 aliphatic carbocycles. The number of ether oxygens (including phenoxy) is 1. The molecule has 0 aromatic heterocycles. The molecule has 3 aromatic rings. The molecule has 1 saturated heterocycles. The first-order chi connectivity index (χ1) is 15.6. The van der Waals surface area contributed by atoms with Crippen LogP contribution in [-0.4, -0.2) is 39.2 Å². The van der Waals surface area contributed by atoms with E-state index in [-0.39, 0.29) is 17.8 Å². The molecule has 2 N–H and O–H groups in total. The van der Waals surface area contributed by atoms with Crippen molar-refractivity contribution in [3.63, 3.8) is 0 Å². The van der Waals surface area contributed by atoms with Crippen molar-refractivity contribution in [2.75, 3.05) is 43.5 Å². The highest BCUT2D eigenvalue weighted by Gasteiger charge is 2.35. The van der Waals surface area contributed by atoms with Crippen LogP contribution in [-0.2, 0) is 4.79 Å². The minimum absolute atomic E-state index is 0.0746. The highest BCUT2D eigenvalue weighted by Crippen LogP contribution is 2.26. The van der Waals surface area contributed by atoms with E-state index in [1.165, 1.54) is 6.07 Å². The Morgan fingerprint density at radius 2 is 1.72 bits per heavy atom. The summed E-state index contributed by atoms with van der Waals surface area (Å²) in [4.78, 5) is 16.8. The van der Waals surface area contributed by atoms with E-state index in [0.29, 0.717) is 30.2 Å². The maximum absolute atomic E-state index is 14.2. The number of benzene rings is 3. The lowest BCUT2D eigenvalue weighted by Crippen LogP contribution is -3.16. The molecule has 5 nitrogen and oxygen atoms in total. The van der Waals surface area contributed by atoms with Crippen molar-refractivity contribution in [1.29, 1.82) is 0 Å². The Labute approximate surface area is 188 Å². The predicted octanol–water partition coefficient (Wildman–Crippen LogP) is 3.23. The second-order valence-corrected chi connectivity index (χ2v) is 8.13. The highest BCUT2D eigenvalue weighted by molar-refractivity contribution is 5.96. The van der Waals surface area contributed by atoms with Crippen molar-refractivity contribution in [2.45, 2.75) is 13.0 Å². The van der Waals surface area contributed by atoms with Crippen LogP contribution in [0.5, 0.6) is 5.75 Å². The minimum Gasteiger partial charge on any atom is -0.495 e. The zero-order valence-electron chi connectivity index (χ0n) is 18.5. The Bertz CT molecular complexity index is 1070. The van der Waals surface area contributed by atoms with Gasteiger partial charge in [0.15, 0.2) is 6.04 Å². The molecule has 166 valence electrons. The van der Waals surface area contributed by atoms with Crippen molar-refractivity contribution in [3.8, 4) is 5.75 Å². The number of aryl methyl sites for hydroxylation is 1. The summed E-state index contributed by atoms with van der Waals surface area (Å²) in [7, 11) is 1.60. The summed E-state index contributed by atoms with van der Waals surface area (Å²) in [5.41, 5.74) is 3.30. The first-order valence-electron chi connectivity index (χ1n) is 10.9. The van der Waals surface area contributed by atoms with E-state index in [4.69, 9.17) is 4.74 Å². The van der Waals surface area contributed by atoms with Crippen molar-refractivity contribution in [2.24, 2.45) is 0 Å². The Morgan fingerprint density at radius 1 is 1.03 bits per heavy atom. The van der Waals surface area contributed by atoms with Crippen LogP contribution in [0, 0.1) is 12.7 Å². The van der Waals surface area contributed by atoms with Crippen LogP contribution in [0.2, 0.25) is 0 Å². The molecule has 1 aliphatic rings. The average Bonchev–Trinajstić information content (AvgIpc) is 2.81. The van der Waals surface area contributed by atoms with Crippen LogP contribution in [0.25, 0.3) is 0 Å². The molecule has 0 bridgehead atoms. The fraction of sp³-hybridized carbons (Fsp3) is 0.269. The number of piperazine rings is 1. The maximum atomic E-state index is 14.2. The van der Waals surface area contributed by atoms with Gasteiger partial charge in [-0.1, -0.05) is 48.5 Å². The molecule has 1 atom stereocenters. The van der Waals surface area contributed by atoms with Gasteiger partial charge in [-0.25, -0.2) is 4.39 Å². The number of hydrogen-bond donors (Lipinski definition) is 2. The van der Waals surface area contributed by atoms with Gasteiger partial charge in [-0.15, -0.1) is 0 Å². The first-order valence-corrected chi connectivity index (χ1v) is 10.9. The van der Waals surface area contributed by atoms with Crippen LogP contribution < -0.4 is 19.9 Å². The number of anilines is 2. The van der Waals surface area contributed by atoms with Gasteiger partial charge in [-0.3, -0.25) is 4.79 Å². The molecule has 32 heavy (non-hydrogen) atoms. The lowest BCUT2D eigenvalue weighted by molar-refractivity contribution is -0.922. The largest absolute Gasteiger partial charge is 0.495 e. The number of carbonyl (C=O) groups excluding carboxylic acids is 1. The number of carbonyl (C=O) groups is 1. The quantitative estimate of drug-likeness (QED) is 0.626. The van der Waals surface area contributed by atoms with Crippen LogP contribution in [0.1, 0.15) is 17.2 Å². The lowest BCUT2D eigenvalue weighted by Gasteiger charge is -2.37. The normalized spacial score (nSPS) is 15.3. The number of methoxy groups -OCH3 is 1. The van der Waals surface area contributed by atoms with Crippen LogP contribution in [0.3, 0.4) is 0 Å². The Balaban J connectivity index is 1.55. The van der Waals surface area contributed by atoms with Gasteiger partial charge in [0.05, 0.1) is 44.7 Å². The van der Waals surface area contributed by atoms with Gasteiger partial charge in [-0.05, 0) is 36.8 Å². The summed E-state index contributed by atoms with van der Waals surface area (Å²) in [5.74, 6) is 0.351. The van der Waals surface area contributed by atoms with Gasteiger partial charge in [0.1, 0.15) is 11.6 Å². The second-order valence-electron chi connectivity index (χ2n) is 8.13. The molecular weight excluding hydrogens is 405 g/mol. The number of para-hydroxylation sites is 1. The lowest BCUT2D eigenvalue weighted by atomic mass is 10.0. The summed E-state index contributed by atoms with van der Waals surface area (Å²) in [6, 6.07) is 22.1. The SMILES string of the molecule is COc1ccc(C)cc1NC(=O)[C@H](c1ccccc1)[NH+]1CCN(c2ccccc2F)CC1. The molecule has 0 spiro atoms. The van der Waals surface area contributed by atoms with Gasteiger partial charge in [0, 0.05) is 5.56 Å². The molecule has 1 aliphatic heterocycles. The Kier molecular flexibility index (Phi) is 6.71. The van der Waals surface area contributed by atoms with Crippen LogP contribution in [0.4, 0.5) is 15.8 Å². The third kappa shape index (κ3) is 4.75. The number of nitrogens with one attached hydrogen (secondary N) is 2. The molecule has 4 rings (SSSR count). The maximum Gasteiger partial charge on any atom is 0.287 e. The summed E-state index contributed by atoms with van der Waals surface area (Å²) in [6.07, 6.45) is 0. The predicted molar refractivity (Wildman–Crippen MR) is 125 cm³/mol. The number of quaternary nitrogens is 1. The van der Waals surface area contributed by atoms with E-state index in [1.807, 2.05) is 67.6 Å². The van der Waals surface area contributed by atoms with Gasteiger partial charge in [0.2, 0.25) is 0 Å². The second kappa shape index (κ2) is 9.83. The summed E-state index contributed by atoms with van der Waals surface area (Å²) < 4.78 is 19.7. The van der Waals surface area contributed by atoms with E-state index in [9.17, 15) is 9.18 Å². The third-order valence-electron chi connectivity index (χ3n) is 6.02. The Morgan fingerprint density at radius 3 is 2.41 bits per heavy atom. The molecular formula is C26H29FN3O2+. The summed E-state index contributed by atoms with van der Waals surface area (Å²) in [5, 5.41) is 3.09. The fourth-order valence-corrected chi connectivity index (χ4v) is 4.37. The molecule has 6 heteroatoms. The van der Waals surface area contributed by atoms with E-state index in [0.717, 1.165) is 29.1 Å². The summed E-state index contributed by atoms with van der Waals surface area (Å²) in [6.45, 7) is 4.80. The summed E-state index contributed by atoms with van der Waals surface area (Å²) >= 11 is 0. The number of rotatable bonds is 6. The number of amides is 1. The van der Waals surface area contributed by atoms with Crippen molar-refractivity contribution < 1.29 is 18.8 Å². The molecule has 1 fully saturated rings. The molecule has 3 aromatic carbocycles. The van der Waals surface area contributed by atoms with Crippen molar-refractivity contribution in [3.05, 3.63) is 89.7 Å². The number of nitrogens with zero attached hydrogens (tertiary/aromatic N) is 1. The van der Waals surface area contributed by atoms with Gasteiger partial charge >= 0.3 is 0 Å².